The fourth-order valence-corrected chi connectivity index (χ4v) is 3.26. The van der Waals surface area contributed by atoms with Crippen molar-refractivity contribution in [3.8, 4) is 0 Å². The molecular formula is C17H17ClN2OS. The quantitative estimate of drug-likeness (QED) is 0.661. The number of benzene rings is 2. The Balaban J connectivity index is 1.82. The number of nitrogens with zero attached hydrogens (tertiary/aromatic N) is 2. The molecule has 0 fully saturated rings. The van der Waals surface area contributed by atoms with Crippen molar-refractivity contribution in [3.05, 3.63) is 64.2 Å². The predicted molar refractivity (Wildman–Crippen MR) is 93.7 cm³/mol. The number of aliphatic hydroxyl groups is 1. The van der Waals surface area contributed by atoms with E-state index in [4.69, 9.17) is 16.6 Å². The number of fused-ring (bicyclic) bond motifs is 1. The fourth-order valence-electron chi connectivity index (χ4n) is 2.55. The third-order valence-corrected chi connectivity index (χ3v) is 4.65. The van der Waals surface area contributed by atoms with Crippen molar-refractivity contribution in [2.45, 2.75) is 19.7 Å². The Hall–Kier alpha value is -1.49. The predicted octanol–water partition coefficient (Wildman–Crippen LogP) is 4.20. The van der Waals surface area contributed by atoms with Crippen LogP contribution in [-0.2, 0) is 19.7 Å². The topological polar surface area (TPSA) is 35.8 Å². The zero-order valence-electron chi connectivity index (χ0n) is 12.3. The Morgan fingerprint density at radius 1 is 1.18 bits per heavy atom. The first-order valence-electron chi connectivity index (χ1n) is 7.04. The molecule has 0 unspecified atom stereocenters. The van der Waals surface area contributed by atoms with Gasteiger partial charge in [0, 0.05) is 18.1 Å². The Morgan fingerprint density at radius 3 is 2.59 bits per heavy atom. The fraction of sp³-hybridized carbons (Fsp3) is 0.235. The summed E-state index contributed by atoms with van der Waals surface area (Å²) in [6, 6.07) is 13.7. The maximum absolute atomic E-state index is 9.26. The Kier molecular flexibility index (Phi) is 4.71. The highest BCUT2D eigenvalue weighted by atomic mass is 35.5. The van der Waals surface area contributed by atoms with Crippen molar-refractivity contribution in [2.24, 2.45) is 4.99 Å². The van der Waals surface area contributed by atoms with Crippen LogP contribution in [0, 0.1) is 0 Å². The standard InChI is InChI=1S/C17H17ClN2OS/c1-22-17(19-16-6-4-15(18)5-7-16)20-9-13-3-2-12(11-21)8-14(13)10-20/h2-8,21H,9-11H2,1H3. The summed E-state index contributed by atoms with van der Waals surface area (Å²) < 4.78 is 0. The molecule has 22 heavy (non-hydrogen) atoms. The Labute approximate surface area is 139 Å². The number of halogens is 1. The molecule has 2 aromatic carbocycles. The van der Waals surface area contributed by atoms with Crippen molar-refractivity contribution in [3.63, 3.8) is 0 Å². The van der Waals surface area contributed by atoms with Crippen molar-refractivity contribution in [1.29, 1.82) is 0 Å². The normalized spacial score (nSPS) is 14.3. The van der Waals surface area contributed by atoms with Gasteiger partial charge in [-0.05, 0) is 47.2 Å². The summed E-state index contributed by atoms with van der Waals surface area (Å²) in [5.41, 5.74) is 4.43. The molecule has 0 atom stereocenters. The van der Waals surface area contributed by atoms with Gasteiger partial charge >= 0.3 is 0 Å². The van der Waals surface area contributed by atoms with E-state index in [0.29, 0.717) is 0 Å². The van der Waals surface area contributed by atoms with E-state index in [-0.39, 0.29) is 6.61 Å². The van der Waals surface area contributed by atoms with Gasteiger partial charge in [0.05, 0.1) is 12.3 Å². The van der Waals surface area contributed by atoms with Gasteiger partial charge < -0.3 is 10.0 Å². The molecule has 5 heteroatoms. The lowest BCUT2D eigenvalue weighted by atomic mass is 10.1. The van der Waals surface area contributed by atoms with Gasteiger partial charge in [-0.25, -0.2) is 4.99 Å². The highest BCUT2D eigenvalue weighted by Gasteiger charge is 2.21. The SMILES string of the molecule is CSC(=Nc1ccc(Cl)cc1)N1Cc2ccc(CO)cc2C1. The molecule has 0 saturated heterocycles. The third kappa shape index (κ3) is 3.29. The number of aliphatic hydroxyl groups excluding tert-OH is 1. The number of hydrogen-bond donors (Lipinski definition) is 1. The number of aliphatic imine (C=N–C) groups is 1. The molecule has 0 radical (unpaired) electrons. The van der Waals surface area contributed by atoms with Gasteiger partial charge in [0.2, 0.25) is 0 Å². The minimum atomic E-state index is 0.0849. The van der Waals surface area contributed by atoms with Gasteiger partial charge in [0.1, 0.15) is 0 Å². The van der Waals surface area contributed by atoms with Crippen molar-refractivity contribution < 1.29 is 5.11 Å². The molecule has 1 aliphatic rings. The smallest absolute Gasteiger partial charge is 0.164 e. The van der Waals surface area contributed by atoms with Gasteiger partial charge in [-0.15, -0.1) is 0 Å². The van der Waals surface area contributed by atoms with Gasteiger partial charge in [-0.1, -0.05) is 41.6 Å². The van der Waals surface area contributed by atoms with Crippen LogP contribution >= 0.6 is 23.4 Å². The van der Waals surface area contributed by atoms with Crippen LogP contribution in [0.1, 0.15) is 16.7 Å². The molecule has 3 nitrogen and oxygen atoms in total. The van der Waals surface area contributed by atoms with Crippen LogP contribution in [0.3, 0.4) is 0 Å². The zero-order chi connectivity index (χ0) is 15.5. The van der Waals surface area contributed by atoms with E-state index >= 15 is 0 Å². The van der Waals surface area contributed by atoms with E-state index in [1.165, 1.54) is 11.1 Å². The van der Waals surface area contributed by atoms with Gasteiger partial charge in [-0.2, -0.15) is 0 Å². The van der Waals surface area contributed by atoms with Crippen LogP contribution in [0.15, 0.2) is 47.5 Å². The number of amidine groups is 1. The minimum absolute atomic E-state index is 0.0849. The molecule has 114 valence electrons. The van der Waals surface area contributed by atoms with E-state index in [0.717, 1.165) is 34.5 Å². The summed E-state index contributed by atoms with van der Waals surface area (Å²) in [7, 11) is 0. The Bertz CT molecular complexity index is 700. The molecule has 1 aliphatic heterocycles. The largest absolute Gasteiger partial charge is 0.392 e. The summed E-state index contributed by atoms with van der Waals surface area (Å²) in [5, 5.41) is 11.0. The number of rotatable bonds is 2. The molecular weight excluding hydrogens is 316 g/mol. The molecule has 3 rings (SSSR count). The van der Waals surface area contributed by atoms with Crippen LogP contribution in [0.4, 0.5) is 5.69 Å². The van der Waals surface area contributed by atoms with Gasteiger partial charge in [-0.3, -0.25) is 0 Å². The molecule has 0 aromatic heterocycles. The number of thioether (sulfide) groups is 1. The summed E-state index contributed by atoms with van der Waals surface area (Å²) in [6.45, 7) is 1.77. The molecule has 0 bridgehead atoms. The van der Waals surface area contributed by atoms with E-state index in [2.05, 4.69) is 17.0 Å². The molecule has 0 amide bonds. The summed E-state index contributed by atoms with van der Waals surface area (Å²) in [5.74, 6) is 0. The first-order valence-corrected chi connectivity index (χ1v) is 8.64. The lowest BCUT2D eigenvalue weighted by Gasteiger charge is -2.18. The molecule has 0 spiro atoms. The molecule has 2 aromatic rings. The lowest BCUT2D eigenvalue weighted by Crippen LogP contribution is -2.22. The van der Waals surface area contributed by atoms with Crippen LogP contribution in [0.5, 0.6) is 0 Å². The van der Waals surface area contributed by atoms with E-state index in [1.807, 2.05) is 36.6 Å². The van der Waals surface area contributed by atoms with Crippen LogP contribution in [0.2, 0.25) is 5.02 Å². The molecule has 0 saturated carbocycles. The van der Waals surface area contributed by atoms with Gasteiger partial charge in [0.15, 0.2) is 5.17 Å². The third-order valence-electron chi connectivity index (χ3n) is 3.68. The van der Waals surface area contributed by atoms with Crippen molar-refractivity contribution in [1.82, 2.24) is 4.90 Å². The van der Waals surface area contributed by atoms with Gasteiger partial charge in [0.25, 0.3) is 0 Å². The highest BCUT2D eigenvalue weighted by molar-refractivity contribution is 8.13. The summed E-state index contributed by atoms with van der Waals surface area (Å²) in [6.07, 6.45) is 2.04. The van der Waals surface area contributed by atoms with E-state index in [1.54, 1.807) is 11.8 Å². The van der Waals surface area contributed by atoms with Crippen LogP contribution < -0.4 is 0 Å². The first-order chi connectivity index (χ1) is 10.7. The second-order valence-electron chi connectivity index (χ2n) is 5.19. The maximum atomic E-state index is 9.26. The van der Waals surface area contributed by atoms with Crippen molar-refractivity contribution in [2.75, 3.05) is 6.26 Å². The van der Waals surface area contributed by atoms with Crippen LogP contribution in [0.25, 0.3) is 0 Å². The molecule has 1 N–H and O–H groups in total. The number of hydrogen-bond acceptors (Lipinski definition) is 3. The highest BCUT2D eigenvalue weighted by Crippen LogP contribution is 2.28. The average molecular weight is 333 g/mol. The molecule has 0 aliphatic carbocycles. The molecule has 1 heterocycles. The maximum Gasteiger partial charge on any atom is 0.164 e. The second-order valence-corrected chi connectivity index (χ2v) is 6.40. The average Bonchev–Trinajstić information content (AvgIpc) is 2.97. The van der Waals surface area contributed by atoms with Crippen molar-refractivity contribution >= 4 is 34.2 Å². The lowest BCUT2D eigenvalue weighted by molar-refractivity contribution is 0.281. The Morgan fingerprint density at radius 2 is 1.91 bits per heavy atom. The first kappa shape index (κ1) is 15.4. The minimum Gasteiger partial charge on any atom is -0.392 e. The monoisotopic (exact) mass is 332 g/mol. The second kappa shape index (κ2) is 6.73. The van der Waals surface area contributed by atoms with E-state index in [9.17, 15) is 5.11 Å². The summed E-state index contributed by atoms with van der Waals surface area (Å²) >= 11 is 7.55. The zero-order valence-corrected chi connectivity index (χ0v) is 13.9. The van der Waals surface area contributed by atoms with Crippen LogP contribution in [-0.4, -0.2) is 21.4 Å². The summed E-state index contributed by atoms with van der Waals surface area (Å²) in [4.78, 5) is 6.98. The van der Waals surface area contributed by atoms with E-state index < -0.39 is 0 Å².